The van der Waals surface area contributed by atoms with Gasteiger partial charge in [-0.2, -0.15) is 13.1 Å². The van der Waals surface area contributed by atoms with Gasteiger partial charge in [0.25, 0.3) is 10.2 Å². The molecule has 0 aliphatic heterocycles. The summed E-state index contributed by atoms with van der Waals surface area (Å²) in [7, 11) is -3.53. The van der Waals surface area contributed by atoms with E-state index in [-0.39, 0.29) is 6.04 Å². The second-order valence-corrected chi connectivity index (χ2v) is 5.08. The quantitative estimate of drug-likeness (QED) is 0.793. The number of nitrogens with one attached hydrogen (secondary N) is 2. The lowest BCUT2D eigenvalue weighted by Gasteiger charge is -2.11. The summed E-state index contributed by atoms with van der Waals surface area (Å²) in [6.45, 7) is 3.47. The zero-order valence-corrected chi connectivity index (χ0v) is 9.93. The highest BCUT2D eigenvalue weighted by Gasteiger charge is 2.10. The SMILES string of the molecule is CC(C)NS(=O)(=O)Nc1ccc(Cl)nc1. The molecule has 0 unspecified atom stereocenters. The fraction of sp³-hybridized carbons (Fsp3) is 0.375. The smallest absolute Gasteiger partial charge is 0.270 e. The van der Waals surface area contributed by atoms with E-state index in [2.05, 4.69) is 14.4 Å². The minimum absolute atomic E-state index is 0.164. The topological polar surface area (TPSA) is 71.1 Å². The van der Waals surface area contributed by atoms with Crippen molar-refractivity contribution in [2.45, 2.75) is 19.9 Å². The number of anilines is 1. The van der Waals surface area contributed by atoms with Crippen LogP contribution in [0.2, 0.25) is 5.15 Å². The van der Waals surface area contributed by atoms with Gasteiger partial charge in [-0.3, -0.25) is 4.72 Å². The Morgan fingerprint density at radius 2 is 2.07 bits per heavy atom. The van der Waals surface area contributed by atoms with Crippen LogP contribution < -0.4 is 9.44 Å². The lowest BCUT2D eigenvalue weighted by atomic mass is 10.4. The van der Waals surface area contributed by atoms with Gasteiger partial charge < -0.3 is 0 Å². The molecule has 2 N–H and O–H groups in total. The Morgan fingerprint density at radius 3 is 2.53 bits per heavy atom. The number of nitrogens with zero attached hydrogens (tertiary/aromatic N) is 1. The molecule has 0 aliphatic rings. The molecular formula is C8H12ClN3O2S. The average molecular weight is 250 g/mol. The third-order valence-electron chi connectivity index (χ3n) is 1.37. The van der Waals surface area contributed by atoms with Crippen LogP contribution in [0.1, 0.15) is 13.8 Å². The summed E-state index contributed by atoms with van der Waals surface area (Å²) in [5, 5.41) is 0.315. The molecule has 0 aromatic carbocycles. The summed E-state index contributed by atoms with van der Waals surface area (Å²) < 4.78 is 27.5. The minimum atomic E-state index is -3.53. The van der Waals surface area contributed by atoms with Crippen LogP contribution >= 0.6 is 11.6 Å². The van der Waals surface area contributed by atoms with Crippen molar-refractivity contribution in [3.05, 3.63) is 23.5 Å². The maximum Gasteiger partial charge on any atom is 0.299 e. The van der Waals surface area contributed by atoms with Crippen molar-refractivity contribution < 1.29 is 8.42 Å². The van der Waals surface area contributed by atoms with Crippen molar-refractivity contribution in [3.63, 3.8) is 0 Å². The van der Waals surface area contributed by atoms with Crippen LogP contribution in [0.15, 0.2) is 18.3 Å². The molecule has 1 rings (SSSR count). The third kappa shape index (κ3) is 4.46. The zero-order chi connectivity index (χ0) is 11.5. The second kappa shape index (κ2) is 4.78. The third-order valence-corrected chi connectivity index (χ3v) is 2.88. The number of rotatable bonds is 4. The Labute approximate surface area is 94.0 Å². The molecule has 5 nitrogen and oxygen atoms in total. The molecule has 0 aliphatic carbocycles. The van der Waals surface area contributed by atoms with Gasteiger partial charge in [-0.25, -0.2) is 4.98 Å². The van der Waals surface area contributed by atoms with Crippen molar-refractivity contribution >= 4 is 27.5 Å². The van der Waals surface area contributed by atoms with Crippen molar-refractivity contribution in [2.75, 3.05) is 4.72 Å². The van der Waals surface area contributed by atoms with Crippen LogP contribution in [0.4, 0.5) is 5.69 Å². The van der Waals surface area contributed by atoms with Crippen LogP contribution in [0.5, 0.6) is 0 Å². The highest BCUT2D eigenvalue weighted by atomic mass is 35.5. The van der Waals surface area contributed by atoms with Crippen molar-refractivity contribution in [3.8, 4) is 0 Å². The molecule has 0 atom stereocenters. The second-order valence-electron chi connectivity index (χ2n) is 3.25. The number of hydrogen-bond donors (Lipinski definition) is 2. The van der Waals surface area contributed by atoms with Crippen LogP contribution in [0.25, 0.3) is 0 Å². The number of hydrogen-bond acceptors (Lipinski definition) is 3. The average Bonchev–Trinajstić information content (AvgIpc) is 2.06. The molecule has 7 heteroatoms. The van der Waals surface area contributed by atoms with Crippen LogP contribution in [0.3, 0.4) is 0 Å². The van der Waals surface area contributed by atoms with Gasteiger partial charge in [0, 0.05) is 6.04 Å². The Hall–Kier alpha value is -0.850. The maximum atomic E-state index is 11.4. The van der Waals surface area contributed by atoms with E-state index >= 15 is 0 Å². The first-order valence-corrected chi connectivity index (χ1v) is 6.17. The first-order chi connectivity index (χ1) is 6.89. The fourth-order valence-electron chi connectivity index (χ4n) is 0.931. The predicted molar refractivity (Wildman–Crippen MR) is 60.1 cm³/mol. The molecular weight excluding hydrogens is 238 g/mol. The van der Waals surface area contributed by atoms with E-state index in [1.165, 1.54) is 18.3 Å². The van der Waals surface area contributed by atoms with Gasteiger partial charge in [-0.15, -0.1) is 0 Å². The van der Waals surface area contributed by atoms with Gasteiger partial charge >= 0.3 is 0 Å². The minimum Gasteiger partial charge on any atom is -0.270 e. The molecule has 1 aromatic rings. The van der Waals surface area contributed by atoms with E-state index in [1.54, 1.807) is 13.8 Å². The molecule has 84 valence electrons. The van der Waals surface area contributed by atoms with E-state index < -0.39 is 10.2 Å². The normalized spacial score (nSPS) is 11.7. The summed E-state index contributed by atoms with van der Waals surface area (Å²) in [5.41, 5.74) is 0.368. The van der Waals surface area contributed by atoms with Crippen molar-refractivity contribution in [2.24, 2.45) is 0 Å². The van der Waals surface area contributed by atoms with Gasteiger partial charge in [0.1, 0.15) is 5.15 Å². The van der Waals surface area contributed by atoms with Gasteiger partial charge in [0.2, 0.25) is 0 Å². The largest absolute Gasteiger partial charge is 0.299 e. The molecule has 0 spiro atoms. The van der Waals surface area contributed by atoms with E-state index in [4.69, 9.17) is 11.6 Å². The standard InChI is InChI=1S/C8H12ClN3O2S/c1-6(2)11-15(13,14)12-7-3-4-8(9)10-5-7/h3-6,11-12H,1-2H3. The lowest BCUT2D eigenvalue weighted by Crippen LogP contribution is -2.35. The summed E-state index contributed by atoms with van der Waals surface area (Å²) in [6, 6.07) is 2.88. The van der Waals surface area contributed by atoms with Gasteiger partial charge in [0.15, 0.2) is 0 Å². The van der Waals surface area contributed by atoms with Crippen LogP contribution in [-0.4, -0.2) is 19.4 Å². The lowest BCUT2D eigenvalue weighted by molar-refractivity contribution is 0.575. The van der Waals surface area contributed by atoms with E-state index in [0.29, 0.717) is 10.8 Å². The highest BCUT2D eigenvalue weighted by Crippen LogP contribution is 2.10. The maximum absolute atomic E-state index is 11.4. The summed E-state index contributed by atoms with van der Waals surface area (Å²) in [5.74, 6) is 0. The Kier molecular flexibility index (Phi) is 3.90. The van der Waals surface area contributed by atoms with Crippen molar-refractivity contribution in [1.29, 1.82) is 0 Å². The molecule has 15 heavy (non-hydrogen) atoms. The van der Waals surface area contributed by atoms with Gasteiger partial charge in [-0.05, 0) is 26.0 Å². The molecule has 0 fully saturated rings. The molecule has 0 saturated heterocycles. The number of halogens is 1. The van der Waals surface area contributed by atoms with E-state index in [0.717, 1.165) is 0 Å². The molecule has 0 amide bonds. The van der Waals surface area contributed by atoms with Gasteiger partial charge in [0.05, 0.1) is 11.9 Å². The van der Waals surface area contributed by atoms with Crippen LogP contribution in [-0.2, 0) is 10.2 Å². The van der Waals surface area contributed by atoms with E-state index in [9.17, 15) is 8.42 Å². The molecule has 1 heterocycles. The zero-order valence-electron chi connectivity index (χ0n) is 8.36. The van der Waals surface area contributed by atoms with E-state index in [1.807, 2.05) is 0 Å². The summed E-state index contributed by atoms with van der Waals surface area (Å²) in [6.07, 6.45) is 1.35. The van der Waals surface area contributed by atoms with Crippen LogP contribution in [0, 0.1) is 0 Å². The molecule has 0 saturated carbocycles. The number of aromatic nitrogens is 1. The predicted octanol–water partition coefficient (Wildman–Crippen LogP) is 1.39. The Morgan fingerprint density at radius 1 is 1.40 bits per heavy atom. The number of pyridine rings is 1. The summed E-state index contributed by atoms with van der Waals surface area (Å²) >= 11 is 5.56. The molecule has 0 radical (unpaired) electrons. The first-order valence-electron chi connectivity index (χ1n) is 4.31. The monoisotopic (exact) mass is 249 g/mol. The molecule has 1 aromatic heterocycles. The first kappa shape index (κ1) is 12.2. The fourth-order valence-corrected chi connectivity index (χ4v) is 2.15. The molecule has 0 bridgehead atoms. The Bertz CT molecular complexity index is 416. The van der Waals surface area contributed by atoms with Crippen molar-refractivity contribution in [1.82, 2.24) is 9.71 Å². The Balaban J connectivity index is 2.73. The van der Waals surface area contributed by atoms with Gasteiger partial charge in [-0.1, -0.05) is 11.6 Å². The highest BCUT2D eigenvalue weighted by molar-refractivity contribution is 7.90. The summed E-state index contributed by atoms with van der Waals surface area (Å²) in [4.78, 5) is 3.75.